The molecule has 0 heterocycles. The molecule has 132 valence electrons. The minimum absolute atomic E-state index is 0.0225. The van der Waals surface area contributed by atoms with Crippen molar-refractivity contribution in [3.8, 4) is 11.5 Å². The van der Waals surface area contributed by atoms with Crippen molar-refractivity contribution in [3.05, 3.63) is 59.7 Å². The number of methoxy groups -OCH3 is 2. The molecule has 25 heavy (non-hydrogen) atoms. The Kier molecular flexibility index (Phi) is 6.83. The minimum atomic E-state index is -0.633. The van der Waals surface area contributed by atoms with Crippen LogP contribution >= 0.6 is 0 Å². The Morgan fingerprint density at radius 2 is 1.72 bits per heavy atom. The van der Waals surface area contributed by atoms with Crippen LogP contribution in [0.25, 0.3) is 0 Å². The summed E-state index contributed by atoms with van der Waals surface area (Å²) in [6.07, 6.45) is 0.750. The normalized spacial score (nSPS) is 11.0. The molecule has 0 aliphatic rings. The number of hydrogen-bond donors (Lipinski definition) is 1. The SMILES string of the molecule is COc1ccc(CC/C(=N/O)C(=O)OCc2ccccc2)cc1OC. The molecule has 0 amide bonds. The highest BCUT2D eigenvalue weighted by Gasteiger charge is 2.15. The quantitative estimate of drug-likeness (QED) is 0.345. The number of carbonyl (C=O) groups is 1. The molecule has 0 radical (unpaired) electrons. The summed E-state index contributed by atoms with van der Waals surface area (Å²) in [6, 6.07) is 14.8. The smallest absolute Gasteiger partial charge is 0.356 e. The van der Waals surface area contributed by atoms with Crippen molar-refractivity contribution < 1.29 is 24.2 Å². The molecule has 0 aromatic heterocycles. The lowest BCUT2D eigenvalue weighted by atomic mass is 10.1. The van der Waals surface area contributed by atoms with E-state index in [1.165, 1.54) is 0 Å². The molecular formula is C19H21NO5. The third kappa shape index (κ3) is 5.24. The van der Waals surface area contributed by atoms with Crippen LogP contribution in [0.5, 0.6) is 11.5 Å². The van der Waals surface area contributed by atoms with Gasteiger partial charge in [0.2, 0.25) is 0 Å². The summed E-state index contributed by atoms with van der Waals surface area (Å²) in [7, 11) is 3.12. The molecule has 6 nitrogen and oxygen atoms in total. The van der Waals surface area contributed by atoms with Gasteiger partial charge in [0, 0.05) is 6.42 Å². The Labute approximate surface area is 146 Å². The topological polar surface area (TPSA) is 77.4 Å². The lowest BCUT2D eigenvalue weighted by Gasteiger charge is -2.10. The van der Waals surface area contributed by atoms with Crippen LogP contribution in [0.4, 0.5) is 0 Å². The molecule has 6 heteroatoms. The number of aryl methyl sites for hydroxylation is 1. The van der Waals surface area contributed by atoms with E-state index in [2.05, 4.69) is 5.16 Å². The molecule has 2 aromatic carbocycles. The number of hydrogen-bond acceptors (Lipinski definition) is 6. The lowest BCUT2D eigenvalue weighted by Crippen LogP contribution is -2.18. The minimum Gasteiger partial charge on any atom is -0.493 e. The third-order valence-electron chi connectivity index (χ3n) is 3.67. The van der Waals surface area contributed by atoms with Crippen LogP contribution < -0.4 is 9.47 Å². The van der Waals surface area contributed by atoms with Crippen LogP contribution in [0, 0.1) is 0 Å². The zero-order valence-corrected chi connectivity index (χ0v) is 14.3. The molecule has 0 spiro atoms. The van der Waals surface area contributed by atoms with E-state index < -0.39 is 5.97 Å². The summed E-state index contributed by atoms with van der Waals surface area (Å²) in [5, 5.41) is 12.2. The first kappa shape index (κ1) is 18.3. The maximum absolute atomic E-state index is 12.0. The van der Waals surface area contributed by atoms with Crippen molar-refractivity contribution in [3.63, 3.8) is 0 Å². The van der Waals surface area contributed by atoms with Crippen LogP contribution in [-0.2, 0) is 22.6 Å². The van der Waals surface area contributed by atoms with Crippen molar-refractivity contribution in [2.45, 2.75) is 19.4 Å². The lowest BCUT2D eigenvalue weighted by molar-refractivity contribution is -0.137. The molecule has 2 rings (SSSR count). The van der Waals surface area contributed by atoms with Crippen LogP contribution in [0.15, 0.2) is 53.7 Å². The molecule has 0 aliphatic carbocycles. The zero-order chi connectivity index (χ0) is 18.1. The number of carbonyl (C=O) groups excluding carboxylic acids is 1. The predicted molar refractivity (Wildman–Crippen MR) is 93.3 cm³/mol. The Bertz CT molecular complexity index is 728. The van der Waals surface area contributed by atoms with Crippen LogP contribution in [-0.4, -0.2) is 31.1 Å². The largest absolute Gasteiger partial charge is 0.493 e. The summed E-state index contributed by atoms with van der Waals surface area (Å²) < 4.78 is 15.6. The van der Waals surface area contributed by atoms with Crippen LogP contribution in [0.3, 0.4) is 0 Å². The van der Waals surface area contributed by atoms with E-state index in [0.717, 1.165) is 11.1 Å². The summed E-state index contributed by atoms with van der Waals surface area (Å²) in [5.41, 5.74) is 1.77. The average molecular weight is 343 g/mol. The highest BCUT2D eigenvalue weighted by molar-refractivity contribution is 6.36. The molecule has 0 fully saturated rings. The van der Waals surface area contributed by atoms with Crippen molar-refractivity contribution >= 4 is 11.7 Å². The maximum atomic E-state index is 12.0. The van der Waals surface area contributed by atoms with Crippen molar-refractivity contribution in [2.75, 3.05) is 14.2 Å². The van der Waals surface area contributed by atoms with E-state index in [4.69, 9.17) is 19.4 Å². The van der Waals surface area contributed by atoms with Gasteiger partial charge in [-0.1, -0.05) is 41.6 Å². The highest BCUT2D eigenvalue weighted by atomic mass is 16.5. The van der Waals surface area contributed by atoms with Gasteiger partial charge in [-0.3, -0.25) is 0 Å². The summed E-state index contributed by atoms with van der Waals surface area (Å²) >= 11 is 0. The Hall–Kier alpha value is -3.02. The summed E-state index contributed by atoms with van der Waals surface area (Å²) in [5.74, 6) is 0.602. The highest BCUT2D eigenvalue weighted by Crippen LogP contribution is 2.28. The van der Waals surface area contributed by atoms with Gasteiger partial charge in [0.25, 0.3) is 0 Å². The molecule has 0 unspecified atom stereocenters. The van der Waals surface area contributed by atoms with Gasteiger partial charge < -0.3 is 19.4 Å². The molecule has 0 saturated carbocycles. The first-order valence-electron chi connectivity index (χ1n) is 7.80. The van der Waals surface area contributed by atoms with Crippen LogP contribution in [0.1, 0.15) is 17.5 Å². The standard InChI is InChI=1S/C19H21NO5/c1-23-17-11-9-14(12-18(17)24-2)8-10-16(20-22)19(21)25-13-15-6-4-3-5-7-15/h3-7,9,11-12,22H,8,10,13H2,1-2H3/b20-16-. The average Bonchev–Trinajstić information content (AvgIpc) is 2.67. The van der Waals surface area contributed by atoms with Crippen molar-refractivity contribution in [1.29, 1.82) is 0 Å². The van der Waals surface area contributed by atoms with Gasteiger partial charge in [-0.25, -0.2) is 4.79 Å². The summed E-state index contributed by atoms with van der Waals surface area (Å²) in [4.78, 5) is 12.0. The van der Waals surface area contributed by atoms with Gasteiger partial charge in [-0.05, 0) is 29.7 Å². The second-order valence-electron chi connectivity index (χ2n) is 5.30. The fourth-order valence-corrected chi connectivity index (χ4v) is 2.30. The van der Waals surface area contributed by atoms with Crippen LogP contribution in [0.2, 0.25) is 0 Å². The van der Waals surface area contributed by atoms with E-state index in [-0.39, 0.29) is 18.7 Å². The van der Waals surface area contributed by atoms with Gasteiger partial charge in [-0.2, -0.15) is 0 Å². The predicted octanol–water partition coefficient (Wildman–Crippen LogP) is 3.21. The molecule has 0 saturated heterocycles. The first-order valence-corrected chi connectivity index (χ1v) is 7.80. The van der Waals surface area contributed by atoms with E-state index in [1.54, 1.807) is 20.3 Å². The number of esters is 1. The van der Waals surface area contributed by atoms with Crippen molar-refractivity contribution in [1.82, 2.24) is 0 Å². The van der Waals surface area contributed by atoms with E-state index in [9.17, 15) is 4.79 Å². The second kappa shape index (κ2) is 9.32. The van der Waals surface area contributed by atoms with E-state index >= 15 is 0 Å². The molecule has 0 atom stereocenters. The fourth-order valence-electron chi connectivity index (χ4n) is 2.30. The van der Waals surface area contributed by atoms with Gasteiger partial charge in [0.15, 0.2) is 17.2 Å². The molecule has 0 bridgehead atoms. The Morgan fingerprint density at radius 3 is 2.36 bits per heavy atom. The van der Waals surface area contributed by atoms with Gasteiger partial charge in [-0.15, -0.1) is 0 Å². The van der Waals surface area contributed by atoms with E-state index in [0.29, 0.717) is 17.9 Å². The first-order chi connectivity index (χ1) is 12.2. The number of benzene rings is 2. The molecule has 2 aromatic rings. The molecule has 0 aliphatic heterocycles. The zero-order valence-electron chi connectivity index (χ0n) is 14.3. The number of nitrogens with zero attached hydrogens (tertiary/aromatic N) is 1. The Morgan fingerprint density at radius 1 is 1.00 bits per heavy atom. The number of rotatable bonds is 8. The van der Waals surface area contributed by atoms with Gasteiger partial charge in [0.1, 0.15) is 6.61 Å². The molecular weight excluding hydrogens is 322 g/mol. The monoisotopic (exact) mass is 343 g/mol. The Balaban J connectivity index is 1.92. The molecule has 1 N–H and O–H groups in total. The van der Waals surface area contributed by atoms with Crippen molar-refractivity contribution in [2.24, 2.45) is 5.16 Å². The van der Waals surface area contributed by atoms with E-state index in [1.807, 2.05) is 42.5 Å². The van der Waals surface area contributed by atoms with Gasteiger partial charge in [0.05, 0.1) is 14.2 Å². The van der Waals surface area contributed by atoms with Gasteiger partial charge >= 0.3 is 5.97 Å². The second-order valence-corrected chi connectivity index (χ2v) is 5.30. The maximum Gasteiger partial charge on any atom is 0.356 e. The summed E-state index contributed by atoms with van der Waals surface area (Å²) in [6.45, 7) is 0.134. The fraction of sp³-hybridized carbons (Fsp3) is 0.263. The third-order valence-corrected chi connectivity index (χ3v) is 3.67. The number of oxime groups is 1. The number of ether oxygens (including phenoxy) is 3.